The van der Waals surface area contributed by atoms with Crippen molar-refractivity contribution in [3.05, 3.63) is 77.9 Å². The van der Waals surface area contributed by atoms with Gasteiger partial charge in [-0.3, -0.25) is 9.59 Å². The van der Waals surface area contributed by atoms with Gasteiger partial charge in [0.2, 0.25) is 0 Å². The first-order valence-electron chi connectivity index (χ1n) is 10.5. The summed E-state index contributed by atoms with van der Waals surface area (Å²) in [5.41, 5.74) is 3.29. The van der Waals surface area contributed by atoms with Gasteiger partial charge in [-0.2, -0.15) is 0 Å². The Kier molecular flexibility index (Phi) is 4.74. The number of fused-ring (bicyclic) bond motifs is 5. The van der Waals surface area contributed by atoms with E-state index in [1.807, 2.05) is 6.07 Å². The van der Waals surface area contributed by atoms with Gasteiger partial charge in [-0.15, -0.1) is 0 Å². The summed E-state index contributed by atoms with van der Waals surface area (Å²) in [5.74, 6) is 0.495. The molecule has 1 N–H and O–H groups in total. The molecule has 3 aromatic carbocycles. The Balaban J connectivity index is 1.61. The molecular formula is C26H23NO4. The molecule has 1 aliphatic carbocycles. The van der Waals surface area contributed by atoms with Gasteiger partial charge >= 0.3 is 11.9 Å². The smallest absolute Gasteiger partial charge is 0.308 e. The van der Waals surface area contributed by atoms with Crippen LogP contribution in [0.25, 0.3) is 10.8 Å². The van der Waals surface area contributed by atoms with Gasteiger partial charge in [0, 0.05) is 37.1 Å². The minimum Gasteiger partial charge on any atom is -0.427 e. The predicted octanol–water partition coefficient (Wildman–Crippen LogP) is 5.52. The normalized spacial score (nSPS) is 21.2. The molecule has 0 unspecified atom stereocenters. The SMILES string of the molecule is CC(=O)Oc1ccc([C@H]2Nc3ccc4ccccc4c3[C@@H]3C=CC[C@H]23)c(OC(C)=O)c1. The number of benzene rings is 3. The van der Waals surface area contributed by atoms with E-state index in [1.54, 1.807) is 12.1 Å². The summed E-state index contributed by atoms with van der Waals surface area (Å²) in [5, 5.41) is 6.20. The third kappa shape index (κ3) is 3.46. The molecule has 31 heavy (non-hydrogen) atoms. The van der Waals surface area contributed by atoms with E-state index in [-0.39, 0.29) is 17.9 Å². The molecule has 1 aliphatic heterocycles. The fourth-order valence-electron chi connectivity index (χ4n) is 4.93. The van der Waals surface area contributed by atoms with Crippen LogP contribution >= 0.6 is 0 Å². The molecule has 156 valence electrons. The van der Waals surface area contributed by atoms with Gasteiger partial charge in [-0.05, 0) is 46.9 Å². The van der Waals surface area contributed by atoms with Crippen molar-refractivity contribution in [2.24, 2.45) is 5.92 Å². The van der Waals surface area contributed by atoms with Crippen molar-refractivity contribution in [2.45, 2.75) is 32.2 Å². The molecule has 0 spiro atoms. The molecule has 5 nitrogen and oxygen atoms in total. The van der Waals surface area contributed by atoms with Crippen molar-refractivity contribution in [2.75, 3.05) is 5.32 Å². The number of nitrogens with one attached hydrogen (secondary N) is 1. The van der Waals surface area contributed by atoms with Crippen LogP contribution in [0.3, 0.4) is 0 Å². The summed E-state index contributed by atoms with van der Waals surface area (Å²) in [7, 11) is 0. The predicted molar refractivity (Wildman–Crippen MR) is 119 cm³/mol. The lowest BCUT2D eigenvalue weighted by molar-refractivity contribution is -0.132. The van der Waals surface area contributed by atoms with Crippen LogP contribution in [0.2, 0.25) is 0 Å². The number of hydrogen-bond acceptors (Lipinski definition) is 5. The number of rotatable bonds is 3. The number of esters is 2. The Morgan fingerprint density at radius 3 is 2.58 bits per heavy atom. The zero-order valence-corrected chi connectivity index (χ0v) is 17.4. The highest BCUT2D eigenvalue weighted by atomic mass is 16.5. The topological polar surface area (TPSA) is 64.6 Å². The van der Waals surface area contributed by atoms with Gasteiger partial charge < -0.3 is 14.8 Å². The van der Waals surface area contributed by atoms with E-state index in [9.17, 15) is 9.59 Å². The Bertz CT molecular complexity index is 1230. The Morgan fingerprint density at radius 2 is 1.77 bits per heavy atom. The number of hydrogen-bond donors (Lipinski definition) is 1. The zero-order chi connectivity index (χ0) is 21.5. The lowest BCUT2D eigenvalue weighted by Crippen LogP contribution is -2.29. The number of anilines is 1. The summed E-state index contributed by atoms with van der Waals surface area (Å²) >= 11 is 0. The Hall–Kier alpha value is -3.60. The van der Waals surface area contributed by atoms with E-state index in [4.69, 9.17) is 9.47 Å². The molecule has 0 saturated carbocycles. The van der Waals surface area contributed by atoms with E-state index >= 15 is 0 Å². The number of carbonyl (C=O) groups excluding carboxylic acids is 2. The maximum absolute atomic E-state index is 11.8. The fourth-order valence-corrected chi connectivity index (χ4v) is 4.93. The quantitative estimate of drug-likeness (QED) is 0.348. The molecule has 0 amide bonds. The minimum atomic E-state index is -0.418. The number of carbonyl (C=O) groups is 2. The molecule has 5 heteroatoms. The first-order valence-corrected chi connectivity index (χ1v) is 10.5. The molecule has 3 aromatic rings. The van der Waals surface area contributed by atoms with Crippen molar-refractivity contribution in [3.63, 3.8) is 0 Å². The van der Waals surface area contributed by atoms with E-state index < -0.39 is 11.9 Å². The largest absolute Gasteiger partial charge is 0.427 e. The van der Waals surface area contributed by atoms with Gasteiger partial charge in [-0.25, -0.2) is 0 Å². The average Bonchev–Trinajstić information content (AvgIpc) is 3.22. The summed E-state index contributed by atoms with van der Waals surface area (Å²) in [4.78, 5) is 23.2. The summed E-state index contributed by atoms with van der Waals surface area (Å²) in [6.45, 7) is 2.72. The molecule has 1 heterocycles. The van der Waals surface area contributed by atoms with Crippen molar-refractivity contribution < 1.29 is 19.1 Å². The van der Waals surface area contributed by atoms with Crippen LogP contribution in [0.4, 0.5) is 5.69 Å². The van der Waals surface area contributed by atoms with E-state index in [2.05, 4.69) is 53.9 Å². The van der Waals surface area contributed by atoms with Gasteiger partial charge in [0.1, 0.15) is 11.5 Å². The molecule has 0 fully saturated rings. The standard InChI is InChI=1S/C26H23NO4/c1-15(28)30-18-11-12-22(24(14-18)31-16(2)29)26-21-9-5-8-20(21)25-19-7-4-3-6-17(19)10-13-23(25)27-26/h3-8,10-14,20-21,26-27H,9H2,1-2H3/t20-,21+,26+/m1/s1. The van der Waals surface area contributed by atoms with E-state index in [1.165, 1.54) is 30.2 Å². The molecule has 3 atom stereocenters. The molecule has 0 saturated heterocycles. The highest BCUT2D eigenvalue weighted by Crippen LogP contribution is 2.53. The molecule has 2 aliphatic rings. The van der Waals surface area contributed by atoms with E-state index in [0.717, 1.165) is 17.7 Å². The highest BCUT2D eigenvalue weighted by molar-refractivity contribution is 5.92. The van der Waals surface area contributed by atoms with Gasteiger partial charge in [-0.1, -0.05) is 42.5 Å². The van der Waals surface area contributed by atoms with Gasteiger partial charge in [0.05, 0.1) is 6.04 Å². The summed E-state index contributed by atoms with van der Waals surface area (Å²) in [6, 6.07) is 17.9. The summed E-state index contributed by atoms with van der Waals surface area (Å²) < 4.78 is 10.7. The monoisotopic (exact) mass is 413 g/mol. The zero-order valence-electron chi connectivity index (χ0n) is 17.4. The lowest BCUT2D eigenvalue weighted by atomic mass is 9.75. The highest BCUT2D eigenvalue weighted by Gasteiger charge is 2.40. The van der Waals surface area contributed by atoms with Crippen LogP contribution in [0.15, 0.2) is 66.7 Å². The van der Waals surface area contributed by atoms with Crippen LogP contribution in [0.1, 0.15) is 43.4 Å². The average molecular weight is 413 g/mol. The van der Waals surface area contributed by atoms with Crippen LogP contribution in [-0.4, -0.2) is 11.9 Å². The molecular weight excluding hydrogens is 390 g/mol. The van der Waals surface area contributed by atoms with E-state index in [0.29, 0.717) is 11.5 Å². The van der Waals surface area contributed by atoms with Crippen LogP contribution in [0.5, 0.6) is 11.5 Å². The van der Waals surface area contributed by atoms with Crippen LogP contribution in [-0.2, 0) is 9.59 Å². The van der Waals surface area contributed by atoms with Gasteiger partial charge in [0.15, 0.2) is 0 Å². The second kappa shape index (κ2) is 7.58. The summed E-state index contributed by atoms with van der Waals surface area (Å²) in [6.07, 6.45) is 5.46. The number of ether oxygens (including phenoxy) is 2. The first kappa shape index (κ1) is 19.4. The number of allylic oxidation sites excluding steroid dienone is 2. The second-order valence-electron chi connectivity index (χ2n) is 8.11. The molecule has 0 radical (unpaired) electrons. The van der Waals surface area contributed by atoms with Crippen molar-refractivity contribution in [1.82, 2.24) is 0 Å². The minimum absolute atomic E-state index is 0.0469. The van der Waals surface area contributed by atoms with Gasteiger partial charge in [0.25, 0.3) is 0 Å². The maximum Gasteiger partial charge on any atom is 0.308 e. The second-order valence-corrected chi connectivity index (χ2v) is 8.11. The van der Waals surface area contributed by atoms with Crippen LogP contribution in [0, 0.1) is 5.92 Å². The lowest BCUT2D eigenvalue weighted by Gasteiger charge is -2.38. The third-order valence-corrected chi connectivity index (χ3v) is 6.09. The molecule has 5 rings (SSSR count). The van der Waals surface area contributed by atoms with Crippen LogP contribution < -0.4 is 14.8 Å². The van der Waals surface area contributed by atoms with Crippen molar-refractivity contribution in [1.29, 1.82) is 0 Å². The van der Waals surface area contributed by atoms with Crippen molar-refractivity contribution >= 4 is 28.4 Å². The molecule has 0 aromatic heterocycles. The fraction of sp³-hybridized carbons (Fsp3) is 0.231. The Morgan fingerprint density at radius 1 is 0.968 bits per heavy atom. The first-order chi connectivity index (χ1) is 15.0. The molecule has 0 bridgehead atoms. The Labute approximate surface area is 180 Å². The third-order valence-electron chi connectivity index (χ3n) is 6.09. The van der Waals surface area contributed by atoms with Crippen molar-refractivity contribution in [3.8, 4) is 11.5 Å². The maximum atomic E-state index is 11.8.